The SMILES string of the molecule is CCCCCCCCCCCCCCCc1cc(C)c(C)c(O)c1O. The van der Waals surface area contributed by atoms with Crippen LogP contribution in [-0.4, -0.2) is 10.2 Å². The van der Waals surface area contributed by atoms with E-state index in [1.165, 1.54) is 77.0 Å². The second kappa shape index (κ2) is 13.1. The molecule has 0 unspecified atom stereocenters. The molecular formula is C23H40O2. The summed E-state index contributed by atoms with van der Waals surface area (Å²) in [7, 11) is 0. The Labute approximate surface area is 155 Å². The maximum absolute atomic E-state index is 10.0. The molecule has 0 radical (unpaired) electrons. The van der Waals surface area contributed by atoms with Gasteiger partial charge in [0, 0.05) is 0 Å². The van der Waals surface area contributed by atoms with Crippen LogP contribution in [0.4, 0.5) is 0 Å². The van der Waals surface area contributed by atoms with Gasteiger partial charge in [-0.15, -0.1) is 0 Å². The van der Waals surface area contributed by atoms with E-state index in [0.717, 1.165) is 29.5 Å². The Morgan fingerprint density at radius 1 is 0.640 bits per heavy atom. The molecule has 144 valence electrons. The van der Waals surface area contributed by atoms with Gasteiger partial charge < -0.3 is 10.2 Å². The molecule has 25 heavy (non-hydrogen) atoms. The van der Waals surface area contributed by atoms with Crippen molar-refractivity contribution in [2.24, 2.45) is 0 Å². The normalized spacial score (nSPS) is 11.2. The largest absolute Gasteiger partial charge is 0.504 e. The Bertz CT molecular complexity index is 479. The smallest absolute Gasteiger partial charge is 0.160 e. The summed E-state index contributed by atoms with van der Waals surface area (Å²) >= 11 is 0. The molecule has 1 aromatic carbocycles. The molecule has 0 aromatic heterocycles. The molecule has 0 aliphatic carbocycles. The number of aryl methyl sites for hydroxylation is 2. The van der Waals surface area contributed by atoms with Crippen LogP contribution in [0.2, 0.25) is 0 Å². The minimum Gasteiger partial charge on any atom is -0.504 e. The summed E-state index contributed by atoms with van der Waals surface area (Å²) in [5.74, 6) is 0.145. The topological polar surface area (TPSA) is 40.5 Å². The zero-order valence-corrected chi connectivity index (χ0v) is 16.9. The van der Waals surface area contributed by atoms with Crippen molar-refractivity contribution in [2.45, 2.75) is 111 Å². The molecule has 0 heterocycles. The third kappa shape index (κ3) is 8.65. The Hall–Kier alpha value is -1.18. The van der Waals surface area contributed by atoms with E-state index in [2.05, 4.69) is 6.92 Å². The number of benzene rings is 1. The summed E-state index contributed by atoms with van der Waals surface area (Å²) in [4.78, 5) is 0. The minimum atomic E-state index is 0.0599. The zero-order valence-electron chi connectivity index (χ0n) is 16.9. The Kier molecular flexibility index (Phi) is 11.4. The molecule has 0 bridgehead atoms. The van der Waals surface area contributed by atoms with Gasteiger partial charge in [0.1, 0.15) is 0 Å². The average molecular weight is 349 g/mol. The van der Waals surface area contributed by atoms with E-state index >= 15 is 0 Å². The van der Waals surface area contributed by atoms with Crippen LogP contribution >= 0.6 is 0 Å². The minimum absolute atomic E-state index is 0.0599. The lowest BCUT2D eigenvalue weighted by Gasteiger charge is -2.11. The van der Waals surface area contributed by atoms with E-state index in [4.69, 9.17) is 0 Å². The van der Waals surface area contributed by atoms with E-state index in [0.29, 0.717) is 0 Å². The first kappa shape index (κ1) is 21.9. The first-order valence-electron chi connectivity index (χ1n) is 10.6. The van der Waals surface area contributed by atoms with Crippen molar-refractivity contribution in [3.05, 3.63) is 22.8 Å². The molecule has 0 amide bonds. The maximum Gasteiger partial charge on any atom is 0.160 e. The summed E-state index contributed by atoms with van der Waals surface area (Å²) in [6.07, 6.45) is 18.4. The van der Waals surface area contributed by atoms with Crippen LogP contribution in [0, 0.1) is 13.8 Å². The van der Waals surface area contributed by atoms with Crippen molar-refractivity contribution in [1.82, 2.24) is 0 Å². The number of aromatic hydroxyl groups is 2. The molecule has 1 rings (SSSR count). The van der Waals surface area contributed by atoms with Crippen LogP contribution in [0.3, 0.4) is 0 Å². The first-order valence-corrected chi connectivity index (χ1v) is 10.6. The van der Waals surface area contributed by atoms with Crippen LogP contribution in [0.15, 0.2) is 6.07 Å². The lowest BCUT2D eigenvalue weighted by Crippen LogP contribution is -1.92. The molecule has 0 saturated heterocycles. The highest BCUT2D eigenvalue weighted by Crippen LogP contribution is 2.35. The van der Waals surface area contributed by atoms with Gasteiger partial charge in [0.05, 0.1) is 0 Å². The highest BCUT2D eigenvalue weighted by molar-refractivity contribution is 5.53. The standard InChI is InChI=1S/C23H40O2/c1-4-5-6-7-8-9-10-11-12-13-14-15-16-17-21-18-19(2)20(3)22(24)23(21)25/h18,24-25H,4-17H2,1-3H3. The lowest BCUT2D eigenvalue weighted by atomic mass is 9.98. The second-order valence-corrected chi connectivity index (χ2v) is 7.67. The van der Waals surface area contributed by atoms with Gasteiger partial charge in [-0.05, 0) is 43.4 Å². The van der Waals surface area contributed by atoms with Crippen molar-refractivity contribution in [3.8, 4) is 11.5 Å². The fourth-order valence-corrected chi connectivity index (χ4v) is 3.48. The van der Waals surface area contributed by atoms with Crippen molar-refractivity contribution in [2.75, 3.05) is 0 Å². The zero-order chi connectivity index (χ0) is 18.5. The third-order valence-electron chi connectivity index (χ3n) is 5.42. The van der Waals surface area contributed by atoms with Gasteiger partial charge in [-0.25, -0.2) is 0 Å². The molecule has 0 saturated carbocycles. The average Bonchev–Trinajstić information content (AvgIpc) is 2.61. The number of phenols is 2. The van der Waals surface area contributed by atoms with E-state index in [1.54, 1.807) is 0 Å². The molecule has 0 atom stereocenters. The number of hydrogen-bond donors (Lipinski definition) is 2. The number of hydrogen-bond acceptors (Lipinski definition) is 2. The summed E-state index contributed by atoms with van der Waals surface area (Å²) in [6, 6.07) is 2.02. The fraction of sp³-hybridized carbons (Fsp3) is 0.739. The van der Waals surface area contributed by atoms with Crippen molar-refractivity contribution >= 4 is 0 Å². The Balaban J connectivity index is 2.01. The number of phenolic OH excluding ortho intramolecular Hbond substituents is 2. The summed E-state index contributed by atoms with van der Waals surface area (Å²) < 4.78 is 0. The number of unbranched alkanes of at least 4 members (excludes halogenated alkanes) is 12. The third-order valence-corrected chi connectivity index (χ3v) is 5.42. The summed E-state index contributed by atoms with van der Waals surface area (Å²) in [5, 5.41) is 20.0. The molecule has 2 N–H and O–H groups in total. The van der Waals surface area contributed by atoms with E-state index in [1.807, 2.05) is 19.9 Å². The van der Waals surface area contributed by atoms with Gasteiger partial charge in [-0.1, -0.05) is 90.0 Å². The van der Waals surface area contributed by atoms with Gasteiger partial charge in [-0.2, -0.15) is 0 Å². The van der Waals surface area contributed by atoms with Crippen LogP contribution in [0.5, 0.6) is 11.5 Å². The molecule has 1 aromatic rings. The number of rotatable bonds is 14. The lowest BCUT2D eigenvalue weighted by molar-refractivity contribution is 0.395. The van der Waals surface area contributed by atoms with Crippen LogP contribution in [0.1, 0.15) is 107 Å². The first-order chi connectivity index (χ1) is 12.1. The highest BCUT2D eigenvalue weighted by Gasteiger charge is 2.11. The molecule has 0 fully saturated rings. The molecule has 0 spiro atoms. The summed E-state index contributed by atoms with van der Waals surface area (Å²) in [5.41, 5.74) is 2.73. The molecule has 0 aliphatic rings. The predicted octanol–water partition coefficient (Wildman–Crippen LogP) is 7.35. The van der Waals surface area contributed by atoms with Gasteiger partial charge in [0.2, 0.25) is 0 Å². The molecular weight excluding hydrogens is 308 g/mol. The summed E-state index contributed by atoms with van der Waals surface area (Å²) in [6.45, 7) is 6.11. The van der Waals surface area contributed by atoms with Gasteiger partial charge in [0.25, 0.3) is 0 Å². The van der Waals surface area contributed by atoms with Crippen molar-refractivity contribution < 1.29 is 10.2 Å². The fourth-order valence-electron chi connectivity index (χ4n) is 3.48. The van der Waals surface area contributed by atoms with Crippen LogP contribution in [0.25, 0.3) is 0 Å². The predicted molar refractivity (Wildman–Crippen MR) is 109 cm³/mol. The van der Waals surface area contributed by atoms with Crippen molar-refractivity contribution in [3.63, 3.8) is 0 Å². The highest BCUT2D eigenvalue weighted by atomic mass is 16.3. The molecule has 0 aliphatic heterocycles. The Morgan fingerprint density at radius 3 is 1.56 bits per heavy atom. The van der Waals surface area contributed by atoms with Crippen molar-refractivity contribution in [1.29, 1.82) is 0 Å². The van der Waals surface area contributed by atoms with E-state index < -0.39 is 0 Å². The van der Waals surface area contributed by atoms with Gasteiger partial charge in [0.15, 0.2) is 11.5 Å². The van der Waals surface area contributed by atoms with Gasteiger partial charge in [-0.3, -0.25) is 0 Å². The molecule has 2 nitrogen and oxygen atoms in total. The van der Waals surface area contributed by atoms with E-state index in [-0.39, 0.29) is 11.5 Å². The van der Waals surface area contributed by atoms with Gasteiger partial charge >= 0.3 is 0 Å². The second-order valence-electron chi connectivity index (χ2n) is 7.67. The van der Waals surface area contributed by atoms with Crippen LogP contribution < -0.4 is 0 Å². The maximum atomic E-state index is 10.0. The van der Waals surface area contributed by atoms with Crippen LogP contribution in [-0.2, 0) is 6.42 Å². The monoisotopic (exact) mass is 348 g/mol. The Morgan fingerprint density at radius 2 is 1.08 bits per heavy atom. The quantitative estimate of drug-likeness (QED) is 0.272. The molecule has 2 heteroatoms. The van der Waals surface area contributed by atoms with E-state index in [9.17, 15) is 10.2 Å².